The van der Waals surface area contributed by atoms with Gasteiger partial charge in [-0.2, -0.15) is 0 Å². The van der Waals surface area contributed by atoms with Gasteiger partial charge >= 0.3 is 0 Å². The number of benzene rings is 7. The molecular formula is C42H28N2S. The van der Waals surface area contributed by atoms with Crippen LogP contribution in [0.2, 0.25) is 0 Å². The first-order valence-electron chi connectivity index (χ1n) is 15.3. The Bertz CT molecular complexity index is 2440. The van der Waals surface area contributed by atoms with Crippen LogP contribution in [0.3, 0.4) is 0 Å². The molecule has 0 aliphatic carbocycles. The monoisotopic (exact) mass is 592 g/mol. The molecule has 0 radical (unpaired) electrons. The highest BCUT2D eigenvalue weighted by atomic mass is 32.1. The first-order valence-corrected chi connectivity index (χ1v) is 16.1. The quantitative estimate of drug-likeness (QED) is 0.193. The van der Waals surface area contributed by atoms with E-state index in [0.717, 1.165) is 11.4 Å². The first kappa shape index (κ1) is 25.8. The predicted octanol–water partition coefficient (Wildman–Crippen LogP) is 12.3. The van der Waals surface area contributed by atoms with Crippen LogP contribution in [-0.4, -0.2) is 4.57 Å². The maximum Gasteiger partial charge on any atom is 0.0640 e. The van der Waals surface area contributed by atoms with Gasteiger partial charge in [-0.3, -0.25) is 0 Å². The zero-order valence-corrected chi connectivity index (χ0v) is 25.3. The largest absolute Gasteiger partial charge is 0.309 e. The number of fused-ring (bicyclic) bond motifs is 6. The Kier molecular flexibility index (Phi) is 6.03. The number of anilines is 3. The maximum absolute atomic E-state index is 2.39. The van der Waals surface area contributed by atoms with Crippen molar-refractivity contribution >= 4 is 70.4 Å². The normalized spacial score (nSPS) is 11.6. The third-order valence-corrected chi connectivity index (χ3v) is 9.98. The van der Waals surface area contributed by atoms with E-state index in [1.165, 1.54) is 64.5 Å². The van der Waals surface area contributed by atoms with Gasteiger partial charge in [-0.25, -0.2) is 0 Å². The lowest BCUT2D eigenvalue weighted by atomic mass is 10.0. The fourth-order valence-corrected chi connectivity index (χ4v) is 7.91. The lowest BCUT2D eigenvalue weighted by molar-refractivity contribution is 1.18. The van der Waals surface area contributed by atoms with Crippen molar-refractivity contribution < 1.29 is 0 Å². The van der Waals surface area contributed by atoms with Crippen molar-refractivity contribution in [3.63, 3.8) is 0 Å². The van der Waals surface area contributed by atoms with Crippen LogP contribution in [0.1, 0.15) is 0 Å². The second-order valence-electron chi connectivity index (χ2n) is 11.4. The third kappa shape index (κ3) is 4.24. The fourth-order valence-electron chi connectivity index (χ4n) is 6.73. The van der Waals surface area contributed by atoms with Crippen LogP contribution in [0, 0.1) is 0 Å². The summed E-state index contributed by atoms with van der Waals surface area (Å²) in [5, 5.41) is 5.12. The van der Waals surface area contributed by atoms with E-state index in [0.29, 0.717) is 0 Å². The standard InChI is InChI=1S/C42H28N2S/c1-4-13-31(14-5-1)43(32-15-6-2-7-16-32)39-22-12-20-36-37-27-29(24-26-41(37)45-42(36)39)30-23-25-35-34-19-10-11-21-38(34)44(40(35)28-30)33-17-8-3-9-18-33/h1-28H. The SMILES string of the molecule is c1ccc(N(c2ccccc2)c2cccc3c2sc2ccc(-c4ccc5c6ccccc6n(-c6ccccc6)c5c4)cc23)cc1. The average molecular weight is 593 g/mol. The Labute approximate surface area is 265 Å². The van der Waals surface area contributed by atoms with Gasteiger partial charge in [-0.05, 0) is 77.9 Å². The Morgan fingerprint density at radius 2 is 1.02 bits per heavy atom. The van der Waals surface area contributed by atoms with Crippen molar-refractivity contribution in [3.05, 3.63) is 170 Å². The van der Waals surface area contributed by atoms with E-state index in [-0.39, 0.29) is 0 Å². The molecule has 0 amide bonds. The Hall–Kier alpha value is -5.64. The van der Waals surface area contributed by atoms with Crippen LogP contribution in [-0.2, 0) is 0 Å². The third-order valence-electron chi connectivity index (χ3n) is 8.77. The van der Waals surface area contributed by atoms with E-state index < -0.39 is 0 Å². The van der Waals surface area contributed by atoms with Crippen molar-refractivity contribution in [3.8, 4) is 16.8 Å². The number of para-hydroxylation sites is 4. The second kappa shape index (κ2) is 10.5. The smallest absolute Gasteiger partial charge is 0.0640 e. The van der Waals surface area contributed by atoms with E-state index in [2.05, 4.69) is 179 Å². The minimum Gasteiger partial charge on any atom is -0.309 e. The zero-order valence-electron chi connectivity index (χ0n) is 24.5. The number of hydrogen-bond donors (Lipinski definition) is 0. The molecule has 0 aliphatic heterocycles. The molecule has 0 fully saturated rings. The molecule has 212 valence electrons. The van der Waals surface area contributed by atoms with Crippen molar-refractivity contribution in [1.29, 1.82) is 0 Å². The van der Waals surface area contributed by atoms with Gasteiger partial charge in [0.25, 0.3) is 0 Å². The van der Waals surface area contributed by atoms with Gasteiger partial charge in [0.05, 0.1) is 21.4 Å². The van der Waals surface area contributed by atoms with Gasteiger partial charge in [0.2, 0.25) is 0 Å². The van der Waals surface area contributed by atoms with E-state index in [4.69, 9.17) is 0 Å². The first-order chi connectivity index (χ1) is 22.3. The summed E-state index contributed by atoms with van der Waals surface area (Å²) in [4.78, 5) is 2.37. The molecule has 3 heteroatoms. The van der Waals surface area contributed by atoms with E-state index in [1.54, 1.807) is 0 Å². The molecule has 7 aromatic carbocycles. The minimum absolute atomic E-state index is 1.15. The molecule has 0 bridgehead atoms. The highest BCUT2D eigenvalue weighted by Gasteiger charge is 2.18. The van der Waals surface area contributed by atoms with Crippen LogP contribution in [0.5, 0.6) is 0 Å². The van der Waals surface area contributed by atoms with Gasteiger partial charge in [0.1, 0.15) is 0 Å². The molecular weight excluding hydrogens is 565 g/mol. The number of thiophene rings is 1. The van der Waals surface area contributed by atoms with Gasteiger partial charge in [0, 0.05) is 43.3 Å². The van der Waals surface area contributed by atoms with Gasteiger partial charge < -0.3 is 9.47 Å². The summed E-state index contributed by atoms with van der Waals surface area (Å²) in [6.45, 7) is 0. The lowest BCUT2D eigenvalue weighted by Gasteiger charge is -2.25. The van der Waals surface area contributed by atoms with Crippen LogP contribution in [0.15, 0.2) is 170 Å². The maximum atomic E-state index is 2.39. The second-order valence-corrected chi connectivity index (χ2v) is 12.4. The highest BCUT2D eigenvalue weighted by molar-refractivity contribution is 7.26. The fraction of sp³-hybridized carbons (Fsp3) is 0. The van der Waals surface area contributed by atoms with Crippen molar-refractivity contribution in [2.24, 2.45) is 0 Å². The van der Waals surface area contributed by atoms with Gasteiger partial charge in [-0.1, -0.05) is 103 Å². The molecule has 0 N–H and O–H groups in total. The van der Waals surface area contributed by atoms with Crippen LogP contribution in [0.4, 0.5) is 17.1 Å². The summed E-state index contributed by atoms with van der Waals surface area (Å²) in [6.07, 6.45) is 0. The van der Waals surface area contributed by atoms with E-state index in [1.807, 2.05) is 11.3 Å². The number of aromatic nitrogens is 1. The number of hydrogen-bond acceptors (Lipinski definition) is 2. The molecule has 2 heterocycles. The Morgan fingerprint density at radius 3 is 1.78 bits per heavy atom. The van der Waals surface area contributed by atoms with Crippen molar-refractivity contribution in [1.82, 2.24) is 4.57 Å². The summed E-state index contributed by atoms with van der Waals surface area (Å²) >= 11 is 1.87. The summed E-state index contributed by atoms with van der Waals surface area (Å²) in [5.41, 5.74) is 9.56. The summed E-state index contributed by atoms with van der Waals surface area (Å²) in [6, 6.07) is 61.3. The van der Waals surface area contributed by atoms with Crippen LogP contribution >= 0.6 is 11.3 Å². The predicted molar refractivity (Wildman–Crippen MR) is 194 cm³/mol. The van der Waals surface area contributed by atoms with Gasteiger partial charge in [0.15, 0.2) is 0 Å². The van der Waals surface area contributed by atoms with E-state index >= 15 is 0 Å². The lowest BCUT2D eigenvalue weighted by Crippen LogP contribution is -2.09. The molecule has 0 spiro atoms. The number of nitrogens with zero attached hydrogens (tertiary/aromatic N) is 2. The highest BCUT2D eigenvalue weighted by Crippen LogP contribution is 2.45. The molecule has 2 nitrogen and oxygen atoms in total. The van der Waals surface area contributed by atoms with E-state index in [9.17, 15) is 0 Å². The number of rotatable bonds is 5. The summed E-state index contributed by atoms with van der Waals surface area (Å²) < 4.78 is 4.97. The average Bonchev–Trinajstić information content (AvgIpc) is 3.65. The molecule has 0 atom stereocenters. The Balaban J connectivity index is 1.22. The Morgan fingerprint density at radius 1 is 0.422 bits per heavy atom. The topological polar surface area (TPSA) is 8.17 Å². The summed E-state index contributed by atoms with van der Waals surface area (Å²) in [7, 11) is 0. The summed E-state index contributed by atoms with van der Waals surface area (Å²) in [5.74, 6) is 0. The van der Waals surface area contributed by atoms with Gasteiger partial charge in [-0.15, -0.1) is 11.3 Å². The molecule has 0 aliphatic rings. The van der Waals surface area contributed by atoms with Crippen molar-refractivity contribution in [2.75, 3.05) is 4.90 Å². The van der Waals surface area contributed by atoms with Crippen molar-refractivity contribution in [2.45, 2.75) is 0 Å². The molecule has 0 saturated carbocycles. The molecule has 45 heavy (non-hydrogen) atoms. The molecule has 0 saturated heterocycles. The van der Waals surface area contributed by atoms with Crippen LogP contribution in [0.25, 0.3) is 58.8 Å². The molecule has 0 unspecified atom stereocenters. The molecule has 9 aromatic rings. The molecule has 9 rings (SSSR count). The zero-order chi connectivity index (χ0) is 29.7. The molecule has 2 aromatic heterocycles. The van der Waals surface area contributed by atoms with Crippen LogP contribution < -0.4 is 4.90 Å². The minimum atomic E-state index is 1.15.